The first kappa shape index (κ1) is 14.9. The molecule has 0 radical (unpaired) electrons. The fraction of sp³-hybridized carbons (Fsp3) is 0.176. The van der Waals surface area contributed by atoms with Gasteiger partial charge in [-0.3, -0.25) is 4.79 Å². The van der Waals surface area contributed by atoms with E-state index >= 15 is 0 Å². The van der Waals surface area contributed by atoms with Crippen LogP contribution in [0.3, 0.4) is 0 Å². The Kier molecular flexibility index (Phi) is 4.14. The molecule has 0 aliphatic carbocycles. The average Bonchev–Trinajstić information content (AvgIpc) is 3.25. The molecule has 0 atom stereocenters. The molecule has 2 aromatic heterocycles. The zero-order valence-electron chi connectivity index (χ0n) is 12.9. The number of rotatable bonds is 5. The van der Waals surface area contributed by atoms with Crippen LogP contribution in [0.1, 0.15) is 16.1 Å². The number of hydrogen-bond acceptors (Lipinski definition) is 5. The minimum atomic E-state index is -0.227. The van der Waals surface area contributed by atoms with Gasteiger partial charge < -0.3 is 18.6 Å². The molecule has 0 aliphatic heterocycles. The SMILES string of the molecule is COc1cccc(CN(C)C(=O)c2cc(-c3ccco3)on2)c1. The van der Waals surface area contributed by atoms with Crippen molar-refractivity contribution >= 4 is 5.91 Å². The van der Waals surface area contributed by atoms with Crippen LogP contribution in [0.5, 0.6) is 5.75 Å². The summed E-state index contributed by atoms with van der Waals surface area (Å²) in [5.41, 5.74) is 1.21. The van der Waals surface area contributed by atoms with Gasteiger partial charge in [-0.2, -0.15) is 0 Å². The summed E-state index contributed by atoms with van der Waals surface area (Å²) in [4.78, 5) is 14.0. The molecule has 6 nitrogen and oxygen atoms in total. The second-order valence-corrected chi connectivity index (χ2v) is 5.07. The fourth-order valence-corrected chi connectivity index (χ4v) is 2.22. The molecule has 0 saturated heterocycles. The minimum Gasteiger partial charge on any atom is -0.497 e. The van der Waals surface area contributed by atoms with Gasteiger partial charge in [0.05, 0.1) is 13.4 Å². The zero-order valence-corrected chi connectivity index (χ0v) is 12.9. The summed E-state index contributed by atoms with van der Waals surface area (Å²) >= 11 is 0. The summed E-state index contributed by atoms with van der Waals surface area (Å²) in [6, 6.07) is 12.6. The van der Waals surface area contributed by atoms with Crippen LogP contribution in [0.4, 0.5) is 0 Å². The number of amides is 1. The van der Waals surface area contributed by atoms with Crippen LogP contribution in [-0.4, -0.2) is 30.1 Å². The number of benzene rings is 1. The van der Waals surface area contributed by atoms with Crippen molar-refractivity contribution in [3.63, 3.8) is 0 Å². The Hall–Kier alpha value is -3.02. The highest BCUT2D eigenvalue weighted by molar-refractivity contribution is 5.92. The second-order valence-electron chi connectivity index (χ2n) is 5.07. The summed E-state index contributed by atoms with van der Waals surface area (Å²) in [6.45, 7) is 0.443. The molecule has 1 aromatic carbocycles. The third-order valence-corrected chi connectivity index (χ3v) is 3.39. The Morgan fingerprint density at radius 2 is 2.09 bits per heavy atom. The number of carbonyl (C=O) groups is 1. The highest BCUT2D eigenvalue weighted by atomic mass is 16.5. The number of ether oxygens (including phenoxy) is 1. The van der Waals surface area contributed by atoms with Crippen LogP contribution in [0.15, 0.2) is 57.7 Å². The first-order valence-corrected chi connectivity index (χ1v) is 7.06. The van der Waals surface area contributed by atoms with Gasteiger partial charge in [0, 0.05) is 19.7 Å². The summed E-state index contributed by atoms with van der Waals surface area (Å²) in [5, 5.41) is 3.82. The lowest BCUT2D eigenvalue weighted by atomic mass is 10.2. The molecule has 23 heavy (non-hydrogen) atoms. The molecule has 0 saturated carbocycles. The van der Waals surface area contributed by atoms with Crippen LogP contribution < -0.4 is 4.74 Å². The second kappa shape index (κ2) is 6.39. The molecule has 6 heteroatoms. The zero-order chi connectivity index (χ0) is 16.2. The first-order valence-electron chi connectivity index (χ1n) is 7.06. The van der Waals surface area contributed by atoms with Crippen LogP contribution in [-0.2, 0) is 6.54 Å². The van der Waals surface area contributed by atoms with Gasteiger partial charge in [0.15, 0.2) is 11.5 Å². The number of nitrogens with zero attached hydrogens (tertiary/aromatic N) is 2. The highest BCUT2D eigenvalue weighted by Gasteiger charge is 2.18. The van der Waals surface area contributed by atoms with E-state index in [-0.39, 0.29) is 11.6 Å². The lowest BCUT2D eigenvalue weighted by Crippen LogP contribution is -2.26. The number of methoxy groups -OCH3 is 1. The molecule has 0 aliphatic rings. The van der Waals surface area contributed by atoms with Crippen molar-refractivity contribution in [3.05, 3.63) is 60.0 Å². The van der Waals surface area contributed by atoms with E-state index in [1.807, 2.05) is 24.3 Å². The fourth-order valence-electron chi connectivity index (χ4n) is 2.22. The normalized spacial score (nSPS) is 10.5. The van der Waals surface area contributed by atoms with Crippen molar-refractivity contribution in [2.24, 2.45) is 0 Å². The van der Waals surface area contributed by atoms with Gasteiger partial charge in [-0.05, 0) is 29.8 Å². The van der Waals surface area contributed by atoms with E-state index in [1.165, 1.54) is 6.26 Å². The predicted molar refractivity (Wildman–Crippen MR) is 83.0 cm³/mol. The molecule has 3 rings (SSSR count). The van der Waals surface area contributed by atoms with Crippen LogP contribution >= 0.6 is 0 Å². The van der Waals surface area contributed by atoms with Gasteiger partial charge in [-0.1, -0.05) is 17.3 Å². The monoisotopic (exact) mass is 312 g/mol. The molecule has 0 spiro atoms. The first-order chi connectivity index (χ1) is 11.2. The molecule has 1 amide bonds. The van der Waals surface area contributed by atoms with Gasteiger partial charge in [-0.15, -0.1) is 0 Å². The Morgan fingerprint density at radius 3 is 2.83 bits per heavy atom. The van der Waals surface area contributed by atoms with Gasteiger partial charge in [0.1, 0.15) is 5.75 Å². The smallest absolute Gasteiger partial charge is 0.276 e. The Morgan fingerprint density at radius 1 is 1.22 bits per heavy atom. The van der Waals surface area contributed by atoms with Crippen molar-refractivity contribution in [3.8, 4) is 17.3 Å². The van der Waals surface area contributed by atoms with E-state index in [2.05, 4.69) is 5.16 Å². The van der Waals surface area contributed by atoms with E-state index in [1.54, 1.807) is 37.3 Å². The largest absolute Gasteiger partial charge is 0.497 e. The van der Waals surface area contributed by atoms with Gasteiger partial charge >= 0.3 is 0 Å². The molecule has 2 heterocycles. The van der Waals surface area contributed by atoms with E-state index < -0.39 is 0 Å². The quantitative estimate of drug-likeness (QED) is 0.723. The van der Waals surface area contributed by atoms with Crippen molar-refractivity contribution in [2.75, 3.05) is 14.2 Å². The Balaban J connectivity index is 1.72. The molecular weight excluding hydrogens is 296 g/mol. The summed E-state index contributed by atoms with van der Waals surface area (Å²) in [6.07, 6.45) is 1.54. The van der Waals surface area contributed by atoms with Crippen LogP contribution in [0, 0.1) is 0 Å². The predicted octanol–water partition coefficient (Wildman–Crippen LogP) is 3.22. The number of furan rings is 1. The summed E-state index contributed by atoms with van der Waals surface area (Å²) in [7, 11) is 3.32. The molecule has 118 valence electrons. The molecule has 0 fully saturated rings. The van der Waals surface area contributed by atoms with E-state index in [0.717, 1.165) is 11.3 Å². The molecular formula is C17H16N2O4. The van der Waals surface area contributed by atoms with Gasteiger partial charge in [-0.25, -0.2) is 0 Å². The third kappa shape index (κ3) is 3.26. The average molecular weight is 312 g/mol. The molecule has 0 N–H and O–H groups in total. The molecule has 3 aromatic rings. The van der Waals surface area contributed by atoms with Crippen molar-refractivity contribution in [1.29, 1.82) is 0 Å². The van der Waals surface area contributed by atoms with E-state index in [4.69, 9.17) is 13.7 Å². The highest BCUT2D eigenvalue weighted by Crippen LogP contribution is 2.21. The summed E-state index contributed by atoms with van der Waals surface area (Å²) in [5.74, 6) is 1.49. The maximum Gasteiger partial charge on any atom is 0.276 e. The topological polar surface area (TPSA) is 68.7 Å². The number of aromatic nitrogens is 1. The van der Waals surface area contributed by atoms with Crippen molar-refractivity contribution < 1.29 is 18.5 Å². The Labute approximate surface area is 133 Å². The standard InChI is InChI=1S/C17H16N2O4/c1-19(11-12-5-3-6-13(9-12)21-2)17(20)14-10-16(23-18-14)15-7-4-8-22-15/h3-10H,11H2,1-2H3. The molecule has 0 unspecified atom stereocenters. The number of carbonyl (C=O) groups excluding carboxylic acids is 1. The Bertz CT molecular complexity index is 793. The van der Waals surface area contributed by atoms with Crippen molar-refractivity contribution in [1.82, 2.24) is 10.1 Å². The van der Waals surface area contributed by atoms with Crippen LogP contribution in [0.2, 0.25) is 0 Å². The van der Waals surface area contributed by atoms with E-state index in [9.17, 15) is 4.79 Å². The minimum absolute atomic E-state index is 0.227. The maximum absolute atomic E-state index is 12.4. The lowest BCUT2D eigenvalue weighted by molar-refractivity contribution is 0.0774. The van der Waals surface area contributed by atoms with Gasteiger partial charge in [0.2, 0.25) is 5.76 Å². The van der Waals surface area contributed by atoms with Gasteiger partial charge in [0.25, 0.3) is 5.91 Å². The van der Waals surface area contributed by atoms with Crippen LogP contribution in [0.25, 0.3) is 11.5 Å². The lowest BCUT2D eigenvalue weighted by Gasteiger charge is -2.16. The third-order valence-electron chi connectivity index (χ3n) is 3.39. The van der Waals surface area contributed by atoms with E-state index in [0.29, 0.717) is 18.1 Å². The molecule has 0 bridgehead atoms. The number of hydrogen-bond donors (Lipinski definition) is 0. The van der Waals surface area contributed by atoms with Crippen molar-refractivity contribution in [2.45, 2.75) is 6.54 Å². The summed E-state index contributed by atoms with van der Waals surface area (Å²) < 4.78 is 15.6. The maximum atomic E-state index is 12.4.